The predicted octanol–water partition coefficient (Wildman–Crippen LogP) is 2.32. The van der Waals surface area contributed by atoms with Crippen LogP contribution in [0.1, 0.15) is 25.5 Å². The van der Waals surface area contributed by atoms with E-state index in [-0.39, 0.29) is 12.5 Å². The normalized spacial score (nSPS) is 13.4. The number of nitrogens with one attached hydrogen (secondary N) is 1. The van der Waals surface area contributed by atoms with E-state index in [2.05, 4.69) is 15.5 Å². The van der Waals surface area contributed by atoms with Gasteiger partial charge < -0.3 is 10.4 Å². The molecule has 0 aliphatic heterocycles. The molecule has 0 spiro atoms. The van der Waals surface area contributed by atoms with Gasteiger partial charge in [-0.2, -0.15) is 13.2 Å². The first kappa shape index (κ1) is 14.7. The molecule has 102 valence electrons. The zero-order valence-electron chi connectivity index (χ0n) is 10.0. The fourth-order valence-corrected chi connectivity index (χ4v) is 1.34. The lowest BCUT2D eigenvalue weighted by atomic mass is 10.1. The van der Waals surface area contributed by atoms with Gasteiger partial charge in [-0.15, -0.1) is 10.2 Å². The number of alkyl halides is 3. The Bertz CT molecular complexity index is 354. The molecule has 1 rings (SSSR count). The average Bonchev–Trinajstić information content (AvgIpc) is 2.33. The highest BCUT2D eigenvalue weighted by Gasteiger charge is 2.32. The second-order valence-electron chi connectivity index (χ2n) is 4.16. The molecule has 1 atom stereocenters. The van der Waals surface area contributed by atoms with Gasteiger partial charge >= 0.3 is 6.18 Å². The van der Waals surface area contributed by atoms with Gasteiger partial charge in [-0.3, -0.25) is 0 Å². The van der Waals surface area contributed by atoms with E-state index in [0.717, 1.165) is 18.9 Å². The van der Waals surface area contributed by atoms with Gasteiger partial charge in [-0.1, -0.05) is 6.92 Å². The minimum Gasteiger partial charge on any atom is -0.396 e. The van der Waals surface area contributed by atoms with Gasteiger partial charge in [-0.25, -0.2) is 0 Å². The van der Waals surface area contributed by atoms with E-state index in [1.807, 2.05) is 6.92 Å². The average molecular weight is 263 g/mol. The number of rotatable bonds is 6. The molecule has 18 heavy (non-hydrogen) atoms. The first-order chi connectivity index (χ1) is 8.43. The molecule has 0 aliphatic rings. The van der Waals surface area contributed by atoms with E-state index in [1.165, 1.54) is 6.07 Å². The molecule has 1 heterocycles. The van der Waals surface area contributed by atoms with Crippen LogP contribution in [0.15, 0.2) is 12.1 Å². The Labute approximate surface area is 103 Å². The van der Waals surface area contributed by atoms with Gasteiger partial charge in [0, 0.05) is 13.2 Å². The van der Waals surface area contributed by atoms with E-state index in [1.54, 1.807) is 0 Å². The van der Waals surface area contributed by atoms with Crippen molar-refractivity contribution >= 4 is 5.82 Å². The van der Waals surface area contributed by atoms with Crippen molar-refractivity contribution in [1.82, 2.24) is 10.2 Å². The molecule has 0 bridgehead atoms. The number of anilines is 1. The summed E-state index contributed by atoms with van der Waals surface area (Å²) in [5.41, 5.74) is -0.998. The summed E-state index contributed by atoms with van der Waals surface area (Å²) in [6.45, 7) is 2.66. The maximum atomic E-state index is 12.2. The SMILES string of the molecule is CC(CO)CCCNc1ccc(C(F)(F)F)nn1. The van der Waals surface area contributed by atoms with E-state index in [0.29, 0.717) is 12.4 Å². The van der Waals surface area contributed by atoms with E-state index < -0.39 is 11.9 Å². The van der Waals surface area contributed by atoms with Gasteiger partial charge in [0.25, 0.3) is 0 Å². The molecule has 0 saturated heterocycles. The zero-order valence-corrected chi connectivity index (χ0v) is 10.0. The van der Waals surface area contributed by atoms with Crippen molar-refractivity contribution in [3.05, 3.63) is 17.8 Å². The van der Waals surface area contributed by atoms with Crippen molar-refractivity contribution in [3.8, 4) is 0 Å². The highest BCUT2D eigenvalue weighted by atomic mass is 19.4. The van der Waals surface area contributed by atoms with Crippen LogP contribution in [-0.4, -0.2) is 28.5 Å². The molecule has 0 amide bonds. The van der Waals surface area contributed by atoms with Crippen molar-refractivity contribution in [1.29, 1.82) is 0 Å². The lowest BCUT2D eigenvalue weighted by Gasteiger charge is -2.09. The first-order valence-corrected chi connectivity index (χ1v) is 5.69. The molecule has 0 aliphatic carbocycles. The number of aromatic nitrogens is 2. The van der Waals surface area contributed by atoms with Gasteiger partial charge in [0.1, 0.15) is 5.82 Å². The Morgan fingerprint density at radius 1 is 1.33 bits per heavy atom. The molecular formula is C11H16F3N3O. The third-order valence-electron chi connectivity index (χ3n) is 2.45. The van der Waals surface area contributed by atoms with Crippen molar-refractivity contribution in [2.75, 3.05) is 18.5 Å². The van der Waals surface area contributed by atoms with Crippen LogP contribution in [0.4, 0.5) is 19.0 Å². The largest absolute Gasteiger partial charge is 0.435 e. The molecule has 0 saturated carbocycles. The minimum atomic E-state index is -4.46. The highest BCUT2D eigenvalue weighted by molar-refractivity contribution is 5.33. The molecule has 0 fully saturated rings. The number of nitrogens with zero attached hydrogens (tertiary/aromatic N) is 2. The second-order valence-corrected chi connectivity index (χ2v) is 4.16. The van der Waals surface area contributed by atoms with E-state index in [9.17, 15) is 13.2 Å². The van der Waals surface area contributed by atoms with Gasteiger partial charge in [0.2, 0.25) is 0 Å². The number of hydrogen-bond acceptors (Lipinski definition) is 4. The van der Waals surface area contributed by atoms with E-state index in [4.69, 9.17) is 5.11 Å². The summed E-state index contributed by atoms with van der Waals surface area (Å²) >= 11 is 0. The number of halogens is 3. The maximum Gasteiger partial charge on any atom is 0.435 e. The van der Waals surface area contributed by atoms with Crippen LogP contribution in [0.25, 0.3) is 0 Å². The Balaban J connectivity index is 2.36. The summed E-state index contributed by atoms with van der Waals surface area (Å²) in [5, 5.41) is 18.2. The maximum absolute atomic E-state index is 12.2. The molecule has 1 aromatic rings. The zero-order chi connectivity index (χ0) is 13.6. The third-order valence-corrected chi connectivity index (χ3v) is 2.45. The number of hydrogen-bond donors (Lipinski definition) is 2. The first-order valence-electron chi connectivity index (χ1n) is 5.69. The summed E-state index contributed by atoms with van der Waals surface area (Å²) in [4.78, 5) is 0. The Hall–Kier alpha value is -1.37. The molecule has 7 heteroatoms. The molecule has 2 N–H and O–H groups in total. The fraction of sp³-hybridized carbons (Fsp3) is 0.636. The van der Waals surface area contributed by atoms with Crippen molar-refractivity contribution in [3.63, 3.8) is 0 Å². The second kappa shape index (κ2) is 6.53. The molecule has 1 unspecified atom stereocenters. The lowest BCUT2D eigenvalue weighted by molar-refractivity contribution is -0.141. The van der Waals surface area contributed by atoms with E-state index >= 15 is 0 Å². The Kier molecular flexibility index (Phi) is 5.33. The lowest BCUT2D eigenvalue weighted by Crippen LogP contribution is -2.11. The van der Waals surface area contributed by atoms with Gasteiger partial charge in [-0.05, 0) is 30.9 Å². The summed E-state index contributed by atoms with van der Waals surface area (Å²) in [6.07, 6.45) is -2.80. The van der Waals surface area contributed by atoms with Crippen LogP contribution in [0.5, 0.6) is 0 Å². The van der Waals surface area contributed by atoms with Gasteiger partial charge in [0.15, 0.2) is 5.69 Å². The van der Waals surface area contributed by atoms with Crippen molar-refractivity contribution < 1.29 is 18.3 Å². The third kappa shape index (κ3) is 4.87. The topological polar surface area (TPSA) is 58.0 Å². The number of aliphatic hydroxyl groups excluding tert-OH is 1. The molecule has 4 nitrogen and oxygen atoms in total. The van der Waals surface area contributed by atoms with Gasteiger partial charge in [0.05, 0.1) is 0 Å². The smallest absolute Gasteiger partial charge is 0.396 e. The quantitative estimate of drug-likeness (QED) is 0.773. The van der Waals surface area contributed by atoms with Crippen LogP contribution in [0.2, 0.25) is 0 Å². The summed E-state index contributed by atoms with van der Waals surface area (Å²) in [5.74, 6) is 0.546. The van der Waals surface area contributed by atoms with Crippen LogP contribution < -0.4 is 5.32 Å². The Morgan fingerprint density at radius 2 is 2.06 bits per heavy atom. The summed E-state index contributed by atoms with van der Waals surface area (Å²) < 4.78 is 36.6. The van der Waals surface area contributed by atoms with Crippen molar-refractivity contribution in [2.24, 2.45) is 5.92 Å². The highest BCUT2D eigenvalue weighted by Crippen LogP contribution is 2.26. The predicted molar refractivity (Wildman–Crippen MR) is 61.0 cm³/mol. The van der Waals surface area contributed by atoms with Crippen molar-refractivity contribution in [2.45, 2.75) is 25.9 Å². The van der Waals surface area contributed by atoms with Crippen LogP contribution in [-0.2, 0) is 6.18 Å². The summed E-state index contributed by atoms with van der Waals surface area (Å²) in [6, 6.07) is 2.15. The molecular weight excluding hydrogens is 247 g/mol. The fourth-order valence-electron chi connectivity index (χ4n) is 1.34. The van der Waals surface area contributed by atoms with Crippen LogP contribution in [0, 0.1) is 5.92 Å². The number of aliphatic hydroxyl groups is 1. The molecule has 0 aromatic carbocycles. The monoisotopic (exact) mass is 263 g/mol. The minimum absolute atomic E-state index is 0.139. The standard InChI is InChI=1S/C11H16F3N3O/c1-8(7-18)3-2-6-15-10-5-4-9(16-17-10)11(12,13)14/h4-5,8,18H,2-3,6-7H2,1H3,(H,15,17). The Morgan fingerprint density at radius 3 is 2.56 bits per heavy atom. The summed E-state index contributed by atoms with van der Waals surface area (Å²) in [7, 11) is 0. The molecule has 0 radical (unpaired) electrons. The van der Waals surface area contributed by atoms with Crippen LogP contribution >= 0.6 is 0 Å². The molecule has 1 aromatic heterocycles. The van der Waals surface area contributed by atoms with Crippen LogP contribution in [0.3, 0.4) is 0 Å².